The summed E-state index contributed by atoms with van der Waals surface area (Å²) in [6, 6.07) is 4.14. The zero-order chi connectivity index (χ0) is 16.0. The van der Waals surface area contributed by atoms with E-state index in [9.17, 15) is 9.59 Å². The van der Waals surface area contributed by atoms with E-state index in [1.807, 2.05) is 13.8 Å². The minimum absolute atomic E-state index is 0.0893. The molecule has 0 aliphatic carbocycles. The fourth-order valence-electron chi connectivity index (χ4n) is 1.84. The highest BCUT2D eigenvalue weighted by Gasteiger charge is 2.16. The molecule has 0 fully saturated rings. The highest BCUT2D eigenvalue weighted by molar-refractivity contribution is 5.92. The Labute approximate surface area is 124 Å². The molecule has 1 aromatic carbocycles. The maximum absolute atomic E-state index is 12.0. The topological polar surface area (TPSA) is 87.7 Å². The quantitative estimate of drug-likeness (QED) is 0.752. The van der Waals surface area contributed by atoms with Crippen molar-refractivity contribution in [3.05, 3.63) is 29.3 Å². The van der Waals surface area contributed by atoms with Gasteiger partial charge >= 0.3 is 12.0 Å². The number of hydrogen-bond donors (Lipinski definition) is 3. The number of anilines is 1. The lowest BCUT2D eigenvalue weighted by Gasteiger charge is -2.22. The largest absolute Gasteiger partial charge is 0.478 e. The number of urea groups is 1. The van der Waals surface area contributed by atoms with Gasteiger partial charge in [0.1, 0.15) is 0 Å². The third-order valence-corrected chi connectivity index (χ3v) is 3.19. The van der Waals surface area contributed by atoms with Crippen molar-refractivity contribution in [1.29, 1.82) is 0 Å². The number of rotatable bonds is 6. The van der Waals surface area contributed by atoms with Crippen molar-refractivity contribution in [1.82, 2.24) is 5.32 Å². The number of carboxylic acid groups (broad SMARTS) is 1. The molecule has 1 rings (SSSR count). The highest BCUT2D eigenvalue weighted by atomic mass is 16.5. The number of amides is 2. The van der Waals surface area contributed by atoms with E-state index in [4.69, 9.17) is 9.84 Å². The summed E-state index contributed by atoms with van der Waals surface area (Å²) in [4.78, 5) is 22.8. The Bertz CT molecular complexity index is 514. The fraction of sp³-hybridized carbons (Fsp3) is 0.467. The molecule has 0 saturated heterocycles. The van der Waals surface area contributed by atoms with Crippen LogP contribution in [-0.2, 0) is 4.74 Å². The Morgan fingerprint density at radius 1 is 1.33 bits per heavy atom. The summed E-state index contributed by atoms with van der Waals surface area (Å²) in [6.45, 7) is 6.17. The van der Waals surface area contributed by atoms with Gasteiger partial charge in [-0.05, 0) is 36.6 Å². The third-order valence-electron chi connectivity index (χ3n) is 3.19. The average Bonchev–Trinajstić information content (AvgIpc) is 2.40. The molecule has 116 valence electrons. The first-order valence-electron chi connectivity index (χ1n) is 6.75. The number of nitrogens with one attached hydrogen (secondary N) is 2. The molecule has 1 aromatic rings. The first-order valence-corrected chi connectivity index (χ1v) is 6.75. The van der Waals surface area contributed by atoms with E-state index in [0.29, 0.717) is 17.9 Å². The molecule has 6 heteroatoms. The summed E-state index contributed by atoms with van der Waals surface area (Å²) in [5.41, 5.74) is 1.47. The van der Waals surface area contributed by atoms with Crippen molar-refractivity contribution in [3.8, 4) is 0 Å². The van der Waals surface area contributed by atoms with E-state index < -0.39 is 5.97 Å². The van der Waals surface area contributed by atoms with Gasteiger partial charge in [0, 0.05) is 12.8 Å². The predicted molar refractivity (Wildman–Crippen MR) is 80.8 cm³/mol. The molecule has 21 heavy (non-hydrogen) atoms. The van der Waals surface area contributed by atoms with Crippen molar-refractivity contribution < 1.29 is 19.4 Å². The van der Waals surface area contributed by atoms with E-state index in [-0.39, 0.29) is 23.6 Å². The van der Waals surface area contributed by atoms with E-state index in [1.54, 1.807) is 20.1 Å². The first kappa shape index (κ1) is 17.0. The molecular weight excluding hydrogens is 272 g/mol. The van der Waals surface area contributed by atoms with Gasteiger partial charge in [-0.1, -0.05) is 13.8 Å². The monoisotopic (exact) mass is 294 g/mol. The minimum Gasteiger partial charge on any atom is -0.478 e. The number of carbonyl (C=O) groups is 2. The molecule has 0 heterocycles. The Kier molecular flexibility index (Phi) is 6.17. The first-order chi connectivity index (χ1) is 9.85. The van der Waals surface area contributed by atoms with Gasteiger partial charge in [0.15, 0.2) is 0 Å². The van der Waals surface area contributed by atoms with Gasteiger partial charge < -0.3 is 20.5 Å². The maximum Gasteiger partial charge on any atom is 0.335 e. The summed E-state index contributed by atoms with van der Waals surface area (Å²) in [7, 11) is 1.59. The van der Waals surface area contributed by atoms with Crippen LogP contribution in [0.1, 0.15) is 29.8 Å². The van der Waals surface area contributed by atoms with Crippen LogP contribution in [0.25, 0.3) is 0 Å². The van der Waals surface area contributed by atoms with Gasteiger partial charge in [-0.2, -0.15) is 0 Å². The molecule has 3 N–H and O–H groups in total. The molecule has 6 nitrogen and oxygen atoms in total. The molecule has 0 saturated carbocycles. The second-order valence-electron chi connectivity index (χ2n) is 5.24. The lowest BCUT2D eigenvalue weighted by atomic mass is 10.1. The van der Waals surface area contributed by atoms with Crippen LogP contribution in [0.4, 0.5) is 10.5 Å². The lowest BCUT2D eigenvalue weighted by Crippen LogP contribution is -2.43. The zero-order valence-corrected chi connectivity index (χ0v) is 12.8. The van der Waals surface area contributed by atoms with E-state index in [0.717, 1.165) is 0 Å². The second kappa shape index (κ2) is 7.64. The standard InChI is InChI=1S/C15H22N2O4/c1-9(2)13(8-21-4)17-15(20)16-12-6-5-11(14(18)19)7-10(12)3/h5-7,9,13H,8H2,1-4H3,(H,18,19)(H2,16,17,20). The van der Waals surface area contributed by atoms with Crippen LogP contribution in [0.15, 0.2) is 18.2 Å². The Hall–Kier alpha value is -2.08. The number of aromatic carboxylic acids is 1. The van der Waals surface area contributed by atoms with Crippen LogP contribution in [0.5, 0.6) is 0 Å². The van der Waals surface area contributed by atoms with Crippen LogP contribution in [0.2, 0.25) is 0 Å². The highest BCUT2D eigenvalue weighted by Crippen LogP contribution is 2.16. The molecule has 2 amide bonds. The maximum atomic E-state index is 12.0. The number of benzene rings is 1. The Morgan fingerprint density at radius 2 is 2.00 bits per heavy atom. The van der Waals surface area contributed by atoms with Crippen molar-refractivity contribution in [3.63, 3.8) is 0 Å². The van der Waals surface area contributed by atoms with Crippen LogP contribution >= 0.6 is 0 Å². The van der Waals surface area contributed by atoms with Crippen LogP contribution in [0.3, 0.4) is 0 Å². The number of aryl methyl sites for hydroxylation is 1. The van der Waals surface area contributed by atoms with E-state index in [1.165, 1.54) is 12.1 Å². The van der Waals surface area contributed by atoms with Gasteiger partial charge in [-0.15, -0.1) is 0 Å². The van der Waals surface area contributed by atoms with E-state index >= 15 is 0 Å². The number of methoxy groups -OCH3 is 1. The molecule has 0 spiro atoms. The number of hydrogen-bond acceptors (Lipinski definition) is 3. The predicted octanol–water partition coefficient (Wildman–Crippen LogP) is 2.49. The van der Waals surface area contributed by atoms with Crippen molar-refractivity contribution >= 4 is 17.7 Å². The SMILES string of the molecule is COCC(NC(=O)Nc1ccc(C(=O)O)cc1C)C(C)C. The Morgan fingerprint density at radius 3 is 2.48 bits per heavy atom. The molecule has 1 unspecified atom stereocenters. The lowest BCUT2D eigenvalue weighted by molar-refractivity contribution is 0.0697. The van der Waals surface area contributed by atoms with Gasteiger partial charge in [0.05, 0.1) is 18.2 Å². The minimum atomic E-state index is -0.992. The van der Waals surface area contributed by atoms with Crippen LogP contribution < -0.4 is 10.6 Å². The fourth-order valence-corrected chi connectivity index (χ4v) is 1.84. The van der Waals surface area contributed by atoms with Crippen LogP contribution in [0, 0.1) is 12.8 Å². The van der Waals surface area contributed by atoms with E-state index in [2.05, 4.69) is 10.6 Å². The molecule has 0 aliphatic heterocycles. The van der Waals surface area contributed by atoms with Crippen LogP contribution in [-0.4, -0.2) is 36.9 Å². The number of ether oxygens (including phenoxy) is 1. The average molecular weight is 294 g/mol. The number of carbonyl (C=O) groups excluding carboxylic acids is 1. The second-order valence-corrected chi connectivity index (χ2v) is 5.24. The molecular formula is C15H22N2O4. The summed E-state index contributed by atoms with van der Waals surface area (Å²) in [6.07, 6.45) is 0. The molecule has 0 bridgehead atoms. The molecule has 0 aliphatic rings. The number of carboxylic acids is 1. The normalized spacial score (nSPS) is 12.0. The van der Waals surface area contributed by atoms with Gasteiger partial charge in [0.25, 0.3) is 0 Å². The van der Waals surface area contributed by atoms with Crippen molar-refractivity contribution in [2.75, 3.05) is 19.0 Å². The summed E-state index contributed by atoms with van der Waals surface area (Å²) < 4.78 is 5.07. The molecule has 0 radical (unpaired) electrons. The van der Waals surface area contributed by atoms with Crippen molar-refractivity contribution in [2.24, 2.45) is 5.92 Å². The molecule has 0 aromatic heterocycles. The summed E-state index contributed by atoms with van der Waals surface area (Å²) in [5.74, 6) is -0.750. The van der Waals surface area contributed by atoms with Gasteiger partial charge in [-0.3, -0.25) is 0 Å². The van der Waals surface area contributed by atoms with Gasteiger partial charge in [-0.25, -0.2) is 9.59 Å². The Balaban J connectivity index is 2.72. The molecule has 1 atom stereocenters. The van der Waals surface area contributed by atoms with Crippen molar-refractivity contribution in [2.45, 2.75) is 26.8 Å². The summed E-state index contributed by atoms with van der Waals surface area (Å²) >= 11 is 0. The zero-order valence-electron chi connectivity index (χ0n) is 12.8. The third kappa shape index (κ3) is 5.07. The van der Waals surface area contributed by atoms with Gasteiger partial charge in [0.2, 0.25) is 0 Å². The smallest absolute Gasteiger partial charge is 0.335 e. The summed E-state index contributed by atoms with van der Waals surface area (Å²) in [5, 5.41) is 14.5.